The molecule has 0 radical (unpaired) electrons. The minimum absolute atomic E-state index is 0.360. The van der Waals surface area contributed by atoms with E-state index in [1.165, 1.54) is 28.2 Å². The Hall–Kier alpha value is -3.27. The highest BCUT2D eigenvalue weighted by atomic mass is 16.5. The van der Waals surface area contributed by atoms with Gasteiger partial charge in [-0.05, 0) is 49.4 Å². The lowest BCUT2D eigenvalue weighted by Crippen LogP contribution is -2.01. The molecular weight excluding hydrogens is 374 g/mol. The Morgan fingerprint density at radius 2 is 1.73 bits per heavy atom. The van der Waals surface area contributed by atoms with Gasteiger partial charge in [-0.1, -0.05) is 49.1 Å². The molecule has 0 aliphatic rings. The van der Waals surface area contributed by atoms with E-state index in [0.29, 0.717) is 13.2 Å². The topological polar surface area (TPSA) is 40.5 Å². The van der Waals surface area contributed by atoms with Crippen LogP contribution in [0.3, 0.4) is 0 Å². The van der Waals surface area contributed by atoms with E-state index in [9.17, 15) is 4.79 Å². The number of carbonyl (C=O) groups is 1. The Morgan fingerprint density at radius 1 is 1.00 bits per heavy atom. The van der Waals surface area contributed by atoms with Crippen LogP contribution in [0.4, 0.5) is 0 Å². The van der Waals surface area contributed by atoms with Crippen LogP contribution in [0, 0.1) is 0 Å². The van der Waals surface area contributed by atoms with Crippen LogP contribution in [0.15, 0.2) is 79.4 Å². The van der Waals surface area contributed by atoms with E-state index in [1.807, 2.05) is 12.1 Å². The normalized spacial score (nSPS) is 11.1. The van der Waals surface area contributed by atoms with Crippen LogP contribution in [0.25, 0.3) is 22.2 Å². The van der Waals surface area contributed by atoms with Crippen molar-refractivity contribution in [3.05, 3.63) is 79.4 Å². The zero-order valence-corrected chi connectivity index (χ0v) is 17.5. The van der Waals surface area contributed by atoms with Gasteiger partial charge in [-0.25, -0.2) is 4.79 Å². The van der Waals surface area contributed by atoms with Crippen molar-refractivity contribution in [3.63, 3.8) is 0 Å². The van der Waals surface area contributed by atoms with Gasteiger partial charge in [0.25, 0.3) is 0 Å². The molecule has 0 aliphatic heterocycles. The number of aromatic nitrogens is 1. The van der Waals surface area contributed by atoms with Crippen LogP contribution in [0.5, 0.6) is 5.75 Å². The van der Waals surface area contributed by atoms with Crippen LogP contribution in [0.2, 0.25) is 0 Å². The van der Waals surface area contributed by atoms with Gasteiger partial charge in [0.1, 0.15) is 5.75 Å². The molecule has 4 heteroatoms. The fourth-order valence-corrected chi connectivity index (χ4v) is 3.35. The summed E-state index contributed by atoms with van der Waals surface area (Å²) in [7, 11) is 2.09. The molecule has 0 saturated heterocycles. The molecule has 30 heavy (non-hydrogen) atoms. The molecule has 0 aliphatic carbocycles. The second-order valence-corrected chi connectivity index (χ2v) is 7.15. The standard InChI is InChI=1S/C26H29NO3/c1-3-26(28)30-18-12-7-5-4-6-11-17-29-23-16-15-22-19-24(27(2)25(22)20-23)21-13-9-8-10-14-21/h3-5,8-10,13-16,19-20H,1,6-7,11-12,17-18H2,2H3/b5-4+. The number of allylic oxidation sites excluding steroid dienone is 2. The van der Waals surface area contributed by atoms with Crippen molar-refractivity contribution in [2.75, 3.05) is 13.2 Å². The average molecular weight is 404 g/mol. The monoisotopic (exact) mass is 403 g/mol. The maximum Gasteiger partial charge on any atom is 0.330 e. The fourth-order valence-electron chi connectivity index (χ4n) is 3.35. The lowest BCUT2D eigenvalue weighted by Gasteiger charge is -2.07. The van der Waals surface area contributed by atoms with E-state index in [1.54, 1.807) is 0 Å². The van der Waals surface area contributed by atoms with Gasteiger partial charge < -0.3 is 14.0 Å². The van der Waals surface area contributed by atoms with Gasteiger partial charge in [0.2, 0.25) is 0 Å². The maximum absolute atomic E-state index is 10.9. The molecule has 1 aromatic heterocycles. The number of benzene rings is 2. The highest BCUT2D eigenvalue weighted by Gasteiger charge is 2.08. The summed E-state index contributed by atoms with van der Waals surface area (Å²) in [5.74, 6) is 0.539. The Bertz CT molecular complexity index is 1000. The van der Waals surface area contributed by atoms with Gasteiger partial charge in [-0.15, -0.1) is 0 Å². The van der Waals surface area contributed by atoms with Crippen molar-refractivity contribution in [1.29, 1.82) is 0 Å². The third-order valence-corrected chi connectivity index (χ3v) is 4.96. The van der Waals surface area contributed by atoms with E-state index in [4.69, 9.17) is 9.47 Å². The second kappa shape index (κ2) is 11.1. The first-order valence-electron chi connectivity index (χ1n) is 10.4. The van der Waals surface area contributed by atoms with Crippen molar-refractivity contribution < 1.29 is 14.3 Å². The van der Waals surface area contributed by atoms with Crippen molar-refractivity contribution in [3.8, 4) is 17.0 Å². The van der Waals surface area contributed by atoms with Crippen LogP contribution in [-0.2, 0) is 16.6 Å². The molecule has 3 aromatic rings. The fraction of sp³-hybridized carbons (Fsp3) is 0.269. The summed E-state index contributed by atoms with van der Waals surface area (Å²) in [6.07, 6.45) is 9.13. The first kappa shape index (κ1) is 21.4. The number of ether oxygens (including phenoxy) is 2. The van der Waals surface area contributed by atoms with Gasteiger partial charge >= 0.3 is 5.97 Å². The first-order valence-corrected chi connectivity index (χ1v) is 10.4. The van der Waals surface area contributed by atoms with E-state index in [2.05, 4.69) is 72.8 Å². The third-order valence-electron chi connectivity index (χ3n) is 4.96. The number of hydrogen-bond donors (Lipinski definition) is 0. The van der Waals surface area contributed by atoms with Crippen LogP contribution in [-0.4, -0.2) is 23.8 Å². The summed E-state index contributed by atoms with van der Waals surface area (Å²) in [6, 6.07) is 18.9. The Morgan fingerprint density at radius 3 is 2.47 bits per heavy atom. The molecule has 0 fully saturated rings. The number of fused-ring (bicyclic) bond motifs is 1. The largest absolute Gasteiger partial charge is 0.494 e. The van der Waals surface area contributed by atoms with Crippen LogP contribution in [0.1, 0.15) is 25.7 Å². The quantitative estimate of drug-likeness (QED) is 0.169. The smallest absolute Gasteiger partial charge is 0.330 e. The molecular formula is C26H29NO3. The predicted molar refractivity (Wildman–Crippen MR) is 123 cm³/mol. The van der Waals surface area contributed by atoms with Crippen molar-refractivity contribution in [2.24, 2.45) is 7.05 Å². The number of nitrogens with zero attached hydrogens (tertiary/aromatic N) is 1. The lowest BCUT2D eigenvalue weighted by molar-refractivity contribution is -0.137. The van der Waals surface area contributed by atoms with Crippen LogP contribution >= 0.6 is 0 Å². The number of unbranched alkanes of at least 4 members (excludes halogenated alkanes) is 2. The minimum atomic E-state index is -0.360. The van der Waals surface area contributed by atoms with Gasteiger partial charge in [-0.2, -0.15) is 0 Å². The Balaban J connectivity index is 1.43. The SMILES string of the molecule is C=CC(=O)OCCC/C=C/CCCOc1ccc2cc(-c3ccccc3)n(C)c2c1. The number of aryl methyl sites for hydroxylation is 1. The molecule has 1 heterocycles. The average Bonchev–Trinajstić information content (AvgIpc) is 3.11. The van der Waals surface area contributed by atoms with E-state index in [0.717, 1.165) is 31.4 Å². The number of esters is 1. The van der Waals surface area contributed by atoms with Gasteiger partial charge in [-0.3, -0.25) is 0 Å². The Labute approximate surface area is 178 Å². The van der Waals surface area contributed by atoms with Crippen LogP contribution < -0.4 is 4.74 Å². The highest BCUT2D eigenvalue weighted by molar-refractivity contribution is 5.88. The zero-order valence-electron chi connectivity index (χ0n) is 17.5. The summed E-state index contributed by atoms with van der Waals surface area (Å²) < 4.78 is 13.1. The third kappa shape index (κ3) is 5.86. The van der Waals surface area contributed by atoms with Gasteiger partial charge in [0, 0.05) is 30.3 Å². The van der Waals surface area contributed by atoms with Crippen molar-refractivity contribution in [1.82, 2.24) is 4.57 Å². The van der Waals surface area contributed by atoms with Gasteiger partial charge in [0.05, 0.1) is 18.7 Å². The predicted octanol–water partition coefficient (Wildman–Crippen LogP) is 6.07. The Kier molecular flexibility index (Phi) is 7.90. The molecule has 156 valence electrons. The van der Waals surface area contributed by atoms with E-state index < -0.39 is 0 Å². The van der Waals surface area contributed by atoms with E-state index >= 15 is 0 Å². The molecule has 0 spiro atoms. The maximum atomic E-state index is 10.9. The summed E-state index contributed by atoms with van der Waals surface area (Å²) in [6.45, 7) is 4.49. The summed E-state index contributed by atoms with van der Waals surface area (Å²) in [4.78, 5) is 10.9. The summed E-state index contributed by atoms with van der Waals surface area (Å²) in [5.41, 5.74) is 3.58. The van der Waals surface area contributed by atoms with Crippen molar-refractivity contribution >= 4 is 16.9 Å². The second-order valence-electron chi connectivity index (χ2n) is 7.15. The molecule has 0 amide bonds. The summed E-state index contributed by atoms with van der Waals surface area (Å²) in [5, 5.41) is 1.21. The number of hydrogen-bond acceptors (Lipinski definition) is 3. The molecule has 2 aromatic carbocycles. The zero-order chi connectivity index (χ0) is 21.2. The molecule has 0 bridgehead atoms. The highest BCUT2D eigenvalue weighted by Crippen LogP contribution is 2.29. The van der Waals surface area contributed by atoms with Crippen molar-refractivity contribution in [2.45, 2.75) is 25.7 Å². The molecule has 0 N–H and O–H groups in total. The molecule has 0 saturated carbocycles. The lowest BCUT2D eigenvalue weighted by atomic mass is 10.1. The number of rotatable bonds is 11. The molecule has 0 unspecified atom stereocenters. The van der Waals surface area contributed by atoms with Gasteiger partial charge in [0.15, 0.2) is 0 Å². The minimum Gasteiger partial charge on any atom is -0.494 e. The first-order chi connectivity index (χ1) is 14.7. The molecule has 0 atom stereocenters. The molecule has 3 rings (SSSR count). The number of carbonyl (C=O) groups excluding carboxylic acids is 1. The van der Waals surface area contributed by atoms with E-state index in [-0.39, 0.29) is 5.97 Å². The molecule has 4 nitrogen and oxygen atoms in total. The summed E-state index contributed by atoms with van der Waals surface area (Å²) >= 11 is 0.